The van der Waals surface area contributed by atoms with Crippen LogP contribution in [0, 0.1) is 13.8 Å². The standard InChI is InChI=1S/C22H28N2O5S/c1-6-20(24(30(5,27)28)17-13-12-15(3)16(4)14-17)21(25)23-19-11-9-8-10-18(19)22(26)29-7-2/h8-14,20H,6-7H2,1-5H3,(H,23,25)/t20-/m1/s1. The fourth-order valence-electron chi connectivity index (χ4n) is 3.12. The van der Waals surface area contributed by atoms with Crippen LogP contribution in [-0.4, -0.2) is 39.2 Å². The van der Waals surface area contributed by atoms with Crippen molar-refractivity contribution in [2.45, 2.75) is 40.2 Å². The van der Waals surface area contributed by atoms with Crippen molar-refractivity contribution in [3.05, 3.63) is 59.2 Å². The number of hydrogen-bond acceptors (Lipinski definition) is 5. The van der Waals surface area contributed by atoms with E-state index in [2.05, 4.69) is 5.32 Å². The number of para-hydroxylation sites is 1. The Balaban J connectivity index is 2.43. The van der Waals surface area contributed by atoms with E-state index in [-0.39, 0.29) is 24.3 Å². The van der Waals surface area contributed by atoms with Gasteiger partial charge in [0.1, 0.15) is 6.04 Å². The van der Waals surface area contributed by atoms with Crippen LogP contribution in [0.5, 0.6) is 0 Å². The summed E-state index contributed by atoms with van der Waals surface area (Å²) in [7, 11) is -3.75. The van der Waals surface area contributed by atoms with Crippen LogP contribution in [0.4, 0.5) is 11.4 Å². The molecule has 0 saturated carbocycles. The van der Waals surface area contributed by atoms with Gasteiger partial charge in [-0.3, -0.25) is 9.10 Å². The number of nitrogens with zero attached hydrogens (tertiary/aromatic N) is 1. The average molecular weight is 433 g/mol. The van der Waals surface area contributed by atoms with Crippen molar-refractivity contribution in [2.24, 2.45) is 0 Å². The predicted octanol–water partition coefficient (Wildman–Crippen LogP) is 3.66. The van der Waals surface area contributed by atoms with Crippen LogP contribution in [0.3, 0.4) is 0 Å². The molecule has 1 atom stereocenters. The lowest BCUT2D eigenvalue weighted by molar-refractivity contribution is -0.117. The molecule has 0 radical (unpaired) electrons. The zero-order chi connectivity index (χ0) is 22.5. The first-order valence-electron chi connectivity index (χ1n) is 9.73. The van der Waals surface area contributed by atoms with E-state index < -0.39 is 27.9 Å². The van der Waals surface area contributed by atoms with Gasteiger partial charge in [-0.1, -0.05) is 25.1 Å². The monoisotopic (exact) mass is 432 g/mol. The van der Waals surface area contributed by atoms with Gasteiger partial charge in [0, 0.05) is 0 Å². The molecule has 0 spiro atoms. The summed E-state index contributed by atoms with van der Waals surface area (Å²) in [6, 6.07) is 10.7. The number of carbonyl (C=O) groups excluding carboxylic acids is 2. The molecule has 0 saturated heterocycles. The van der Waals surface area contributed by atoms with Crippen molar-refractivity contribution >= 4 is 33.3 Å². The topological polar surface area (TPSA) is 92.8 Å². The minimum atomic E-state index is -3.75. The van der Waals surface area contributed by atoms with Crippen LogP contribution < -0.4 is 9.62 Å². The summed E-state index contributed by atoms with van der Waals surface area (Å²) in [5, 5.41) is 2.70. The number of amides is 1. The number of anilines is 2. The summed E-state index contributed by atoms with van der Waals surface area (Å²) in [4.78, 5) is 25.3. The summed E-state index contributed by atoms with van der Waals surface area (Å²) in [6.45, 7) is 7.45. The molecule has 0 unspecified atom stereocenters. The number of esters is 1. The van der Waals surface area contributed by atoms with E-state index in [0.717, 1.165) is 21.7 Å². The first-order chi connectivity index (χ1) is 14.1. The second-order valence-corrected chi connectivity index (χ2v) is 8.87. The van der Waals surface area contributed by atoms with Gasteiger partial charge in [-0.05, 0) is 62.6 Å². The highest BCUT2D eigenvalue weighted by Gasteiger charge is 2.32. The summed E-state index contributed by atoms with van der Waals surface area (Å²) >= 11 is 0. The molecule has 0 aliphatic carbocycles. The Morgan fingerprint density at radius 2 is 1.73 bits per heavy atom. The molecular formula is C22H28N2O5S. The van der Waals surface area contributed by atoms with E-state index in [1.807, 2.05) is 19.9 Å². The van der Waals surface area contributed by atoms with Gasteiger partial charge in [0.2, 0.25) is 15.9 Å². The number of rotatable bonds is 8. The molecular weight excluding hydrogens is 404 g/mol. The summed E-state index contributed by atoms with van der Waals surface area (Å²) in [6.07, 6.45) is 1.32. The molecule has 0 heterocycles. The number of benzene rings is 2. The summed E-state index contributed by atoms with van der Waals surface area (Å²) < 4.78 is 31.4. The molecule has 2 aromatic rings. The smallest absolute Gasteiger partial charge is 0.340 e. The van der Waals surface area contributed by atoms with Crippen molar-refractivity contribution in [1.29, 1.82) is 0 Å². The van der Waals surface area contributed by atoms with Gasteiger partial charge in [0.05, 0.1) is 29.8 Å². The zero-order valence-corrected chi connectivity index (χ0v) is 18.7. The molecule has 7 nitrogen and oxygen atoms in total. The first kappa shape index (κ1) is 23.4. The van der Waals surface area contributed by atoms with E-state index in [1.54, 1.807) is 50.2 Å². The molecule has 2 aromatic carbocycles. The molecule has 30 heavy (non-hydrogen) atoms. The minimum Gasteiger partial charge on any atom is -0.462 e. The van der Waals surface area contributed by atoms with Gasteiger partial charge in [0.15, 0.2) is 0 Å². The normalized spacial score (nSPS) is 12.2. The van der Waals surface area contributed by atoms with Crippen molar-refractivity contribution in [3.8, 4) is 0 Å². The maximum Gasteiger partial charge on any atom is 0.340 e. The first-order valence-corrected chi connectivity index (χ1v) is 11.6. The quantitative estimate of drug-likeness (QED) is 0.643. The van der Waals surface area contributed by atoms with Gasteiger partial charge in [0.25, 0.3) is 0 Å². The Kier molecular flexibility index (Phi) is 7.61. The SMILES string of the molecule is CCOC(=O)c1ccccc1NC(=O)[C@@H](CC)N(c1ccc(C)c(C)c1)S(C)(=O)=O. The van der Waals surface area contributed by atoms with Gasteiger partial charge in [-0.25, -0.2) is 13.2 Å². The minimum absolute atomic E-state index is 0.202. The summed E-state index contributed by atoms with van der Waals surface area (Å²) in [5.74, 6) is -1.09. The summed E-state index contributed by atoms with van der Waals surface area (Å²) in [5.41, 5.74) is 2.84. The van der Waals surface area contributed by atoms with Crippen LogP contribution >= 0.6 is 0 Å². The molecule has 0 aliphatic rings. The maximum absolute atomic E-state index is 13.1. The molecule has 0 fully saturated rings. The highest BCUT2D eigenvalue weighted by atomic mass is 32.2. The number of aryl methyl sites for hydroxylation is 2. The van der Waals surface area contributed by atoms with Gasteiger partial charge < -0.3 is 10.1 Å². The van der Waals surface area contributed by atoms with Gasteiger partial charge in [-0.2, -0.15) is 0 Å². The van der Waals surface area contributed by atoms with E-state index in [0.29, 0.717) is 5.69 Å². The second kappa shape index (κ2) is 9.75. The maximum atomic E-state index is 13.1. The average Bonchev–Trinajstić information content (AvgIpc) is 2.67. The third kappa shape index (κ3) is 5.38. The van der Waals surface area contributed by atoms with Crippen LogP contribution in [0.15, 0.2) is 42.5 Å². The third-order valence-corrected chi connectivity index (χ3v) is 5.93. The molecule has 1 N–H and O–H groups in total. The number of ether oxygens (including phenoxy) is 1. The molecule has 2 rings (SSSR count). The lowest BCUT2D eigenvalue weighted by Gasteiger charge is -2.30. The molecule has 0 bridgehead atoms. The molecule has 8 heteroatoms. The molecule has 162 valence electrons. The van der Waals surface area contributed by atoms with Gasteiger partial charge >= 0.3 is 5.97 Å². The molecule has 0 aromatic heterocycles. The van der Waals surface area contributed by atoms with Crippen molar-refractivity contribution < 1.29 is 22.7 Å². The highest BCUT2D eigenvalue weighted by molar-refractivity contribution is 7.92. The molecule has 0 aliphatic heterocycles. The second-order valence-electron chi connectivity index (χ2n) is 7.01. The number of carbonyl (C=O) groups is 2. The number of sulfonamides is 1. The van der Waals surface area contributed by atoms with Crippen LogP contribution in [0.25, 0.3) is 0 Å². The van der Waals surface area contributed by atoms with Crippen molar-refractivity contribution in [3.63, 3.8) is 0 Å². The van der Waals surface area contributed by atoms with Crippen LogP contribution in [0.2, 0.25) is 0 Å². The van der Waals surface area contributed by atoms with E-state index in [1.165, 1.54) is 0 Å². The number of nitrogens with one attached hydrogen (secondary N) is 1. The third-order valence-electron chi connectivity index (χ3n) is 4.75. The molecule has 1 amide bonds. The Hall–Kier alpha value is -2.87. The fraction of sp³-hybridized carbons (Fsp3) is 0.364. The van der Waals surface area contributed by atoms with Crippen LogP contribution in [0.1, 0.15) is 41.8 Å². The predicted molar refractivity (Wildman–Crippen MR) is 118 cm³/mol. The zero-order valence-electron chi connectivity index (χ0n) is 17.9. The van der Waals surface area contributed by atoms with Gasteiger partial charge in [-0.15, -0.1) is 0 Å². The van der Waals surface area contributed by atoms with Crippen molar-refractivity contribution in [2.75, 3.05) is 22.5 Å². The Morgan fingerprint density at radius 1 is 1.07 bits per heavy atom. The lowest BCUT2D eigenvalue weighted by Crippen LogP contribution is -2.47. The fourth-order valence-corrected chi connectivity index (χ4v) is 4.32. The van der Waals surface area contributed by atoms with E-state index in [4.69, 9.17) is 4.74 Å². The Morgan fingerprint density at radius 3 is 2.30 bits per heavy atom. The lowest BCUT2D eigenvalue weighted by atomic mass is 10.1. The Labute approximate surface area is 178 Å². The largest absolute Gasteiger partial charge is 0.462 e. The van der Waals surface area contributed by atoms with Crippen LogP contribution in [-0.2, 0) is 19.6 Å². The Bertz CT molecular complexity index is 1030. The van der Waals surface area contributed by atoms with E-state index in [9.17, 15) is 18.0 Å². The van der Waals surface area contributed by atoms with Crippen molar-refractivity contribution in [1.82, 2.24) is 0 Å². The van der Waals surface area contributed by atoms with E-state index >= 15 is 0 Å². The number of hydrogen-bond donors (Lipinski definition) is 1. The highest BCUT2D eigenvalue weighted by Crippen LogP contribution is 2.26.